The van der Waals surface area contributed by atoms with Crippen LogP contribution in [0.1, 0.15) is 13.3 Å². The lowest BCUT2D eigenvalue weighted by Gasteiger charge is -2.05. The van der Waals surface area contributed by atoms with Gasteiger partial charge in [0.25, 0.3) is 0 Å². The monoisotopic (exact) mass is 197 g/mol. The number of rotatable bonds is 4. The van der Waals surface area contributed by atoms with Crippen LogP contribution in [0.2, 0.25) is 0 Å². The topological polar surface area (TPSA) is 52.3 Å². The molecule has 0 bridgehead atoms. The third-order valence-corrected chi connectivity index (χ3v) is 1.14. The molecule has 0 unspecified atom stereocenters. The molecule has 2 N–H and O–H groups in total. The first kappa shape index (κ1) is 12.0. The van der Waals surface area contributed by atoms with E-state index in [0.717, 1.165) is 0 Å². The number of esters is 1. The smallest absolute Gasteiger partial charge is 0.322 e. The van der Waals surface area contributed by atoms with Crippen molar-refractivity contribution >= 4 is 5.97 Å². The van der Waals surface area contributed by atoms with Gasteiger partial charge >= 0.3 is 12.0 Å². The van der Waals surface area contributed by atoms with E-state index in [9.17, 15) is 18.0 Å². The maximum absolute atomic E-state index is 12.1. The second-order valence-corrected chi connectivity index (χ2v) is 2.37. The Kier molecular flexibility index (Phi) is 5.13. The molecule has 0 spiro atoms. The molecule has 0 aromatic carbocycles. The van der Waals surface area contributed by atoms with Gasteiger partial charge in [0.1, 0.15) is 6.04 Å². The third-order valence-electron chi connectivity index (χ3n) is 1.14. The first-order valence-corrected chi connectivity index (χ1v) is 3.57. The van der Waals surface area contributed by atoms with Gasteiger partial charge in [-0.2, -0.15) is 8.78 Å². The van der Waals surface area contributed by atoms with Crippen LogP contribution in [0, 0.1) is 0 Å². The van der Waals surface area contributed by atoms with Crippen LogP contribution in [0.4, 0.5) is 13.2 Å². The Labute approximate surface area is 73.4 Å². The maximum atomic E-state index is 12.1. The quantitative estimate of drug-likeness (QED) is 0.692. The molecule has 0 saturated heterocycles. The molecule has 3 nitrogen and oxygen atoms in total. The highest BCUT2D eigenvalue weighted by molar-refractivity contribution is 5.74. The molecule has 0 radical (unpaired) electrons. The molecule has 0 heterocycles. The van der Waals surface area contributed by atoms with Crippen LogP contribution in [0.25, 0.3) is 0 Å². The van der Waals surface area contributed by atoms with Crippen LogP contribution in [-0.2, 0) is 9.53 Å². The van der Waals surface area contributed by atoms with E-state index in [4.69, 9.17) is 5.73 Å². The maximum Gasteiger partial charge on any atom is 0.322 e. The molecule has 76 valence electrons. The normalized spacial score (nSPS) is 12.1. The molecule has 1 atom stereocenters. The van der Waals surface area contributed by atoms with Crippen molar-refractivity contribution in [3.8, 4) is 0 Å². The molecule has 0 aliphatic rings. The van der Waals surface area contributed by atoms with Crippen molar-refractivity contribution in [2.45, 2.75) is 19.4 Å². The van der Waals surface area contributed by atoms with Gasteiger partial charge in [-0.15, -0.1) is 0 Å². The zero-order valence-corrected chi connectivity index (χ0v) is 7.02. The summed E-state index contributed by atoms with van der Waals surface area (Å²) in [4.78, 5) is 10.6. The summed E-state index contributed by atoms with van der Waals surface area (Å²) in [6.45, 7) is 0.952. The van der Waals surface area contributed by atoms with E-state index in [0.29, 0.717) is 0 Å². The molecule has 0 rings (SSSR count). The summed E-state index contributed by atoms with van der Waals surface area (Å²) >= 11 is 0. The molecule has 0 aliphatic heterocycles. The molecule has 0 saturated carbocycles. The SMILES string of the molecule is C[C@H](N)C(=O)OCCC(F)=C(F)F. The summed E-state index contributed by atoms with van der Waals surface area (Å²) in [6, 6.07) is -0.831. The third kappa shape index (κ3) is 5.24. The molecule has 13 heavy (non-hydrogen) atoms. The Morgan fingerprint density at radius 1 is 1.46 bits per heavy atom. The van der Waals surface area contributed by atoms with Gasteiger partial charge in [-0.05, 0) is 6.92 Å². The van der Waals surface area contributed by atoms with E-state index in [1.807, 2.05) is 0 Å². The molecule has 0 aliphatic carbocycles. The fourth-order valence-corrected chi connectivity index (χ4v) is 0.467. The largest absolute Gasteiger partial charge is 0.464 e. The van der Waals surface area contributed by atoms with Gasteiger partial charge in [-0.25, -0.2) is 4.39 Å². The first-order chi connectivity index (χ1) is 5.95. The van der Waals surface area contributed by atoms with Crippen molar-refractivity contribution in [3.63, 3.8) is 0 Å². The number of carbonyl (C=O) groups is 1. The average Bonchev–Trinajstić information content (AvgIpc) is 2.03. The highest BCUT2D eigenvalue weighted by Gasteiger charge is 2.10. The fourth-order valence-electron chi connectivity index (χ4n) is 0.467. The molecule has 6 heteroatoms. The zero-order chi connectivity index (χ0) is 10.4. The summed E-state index contributed by atoms with van der Waals surface area (Å²) in [6.07, 6.45) is -3.02. The van der Waals surface area contributed by atoms with Gasteiger partial charge in [0, 0.05) is 6.42 Å². The van der Waals surface area contributed by atoms with E-state index in [1.165, 1.54) is 6.92 Å². The standard InChI is InChI=1S/C7H10F3NO2/c1-4(11)7(12)13-3-2-5(8)6(9)10/h4H,2-3,11H2,1H3/t4-/m0/s1. The van der Waals surface area contributed by atoms with Gasteiger partial charge < -0.3 is 10.5 Å². The summed E-state index contributed by atoms with van der Waals surface area (Å²) in [7, 11) is 0. The van der Waals surface area contributed by atoms with Crippen molar-refractivity contribution in [3.05, 3.63) is 11.9 Å². The second-order valence-electron chi connectivity index (χ2n) is 2.37. The summed E-state index contributed by atoms with van der Waals surface area (Å²) in [5.74, 6) is -2.32. The van der Waals surface area contributed by atoms with Crippen molar-refractivity contribution in [1.82, 2.24) is 0 Å². The van der Waals surface area contributed by atoms with Crippen LogP contribution in [0.3, 0.4) is 0 Å². The van der Waals surface area contributed by atoms with Crippen molar-refractivity contribution in [1.29, 1.82) is 0 Å². The molecule has 0 amide bonds. The molecular formula is C7H10F3NO2. The van der Waals surface area contributed by atoms with Gasteiger partial charge in [0.05, 0.1) is 6.61 Å². The van der Waals surface area contributed by atoms with Gasteiger partial charge in [0.15, 0.2) is 5.83 Å². The Morgan fingerprint density at radius 2 is 2.00 bits per heavy atom. The van der Waals surface area contributed by atoms with E-state index >= 15 is 0 Å². The predicted molar refractivity (Wildman–Crippen MR) is 39.6 cm³/mol. The van der Waals surface area contributed by atoms with E-state index in [2.05, 4.69) is 4.74 Å². The minimum Gasteiger partial charge on any atom is -0.464 e. The minimum atomic E-state index is -2.39. The Hall–Kier alpha value is -1.04. The van der Waals surface area contributed by atoms with Crippen LogP contribution in [0.15, 0.2) is 11.9 Å². The van der Waals surface area contributed by atoms with Crippen molar-refractivity contribution < 1.29 is 22.7 Å². The molecule has 0 aromatic heterocycles. The highest BCUT2D eigenvalue weighted by atomic mass is 19.3. The molecule has 0 aromatic rings. The number of halogens is 3. The zero-order valence-electron chi connectivity index (χ0n) is 7.02. The lowest BCUT2D eigenvalue weighted by molar-refractivity contribution is -0.144. The number of ether oxygens (including phenoxy) is 1. The molecular weight excluding hydrogens is 187 g/mol. The lowest BCUT2D eigenvalue weighted by Crippen LogP contribution is -2.28. The Balaban J connectivity index is 3.70. The molecule has 0 fully saturated rings. The fraction of sp³-hybridized carbons (Fsp3) is 0.571. The van der Waals surface area contributed by atoms with E-state index in [1.54, 1.807) is 0 Å². The Morgan fingerprint density at radius 3 is 2.38 bits per heavy atom. The van der Waals surface area contributed by atoms with Crippen LogP contribution in [-0.4, -0.2) is 18.6 Å². The highest BCUT2D eigenvalue weighted by Crippen LogP contribution is 2.12. The minimum absolute atomic E-state index is 0.427. The Bertz CT molecular complexity index is 212. The van der Waals surface area contributed by atoms with Gasteiger partial charge in [-0.3, -0.25) is 4.79 Å². The van der Waals surface area contributed by atoms with Crippen molar-refractivity contribution in [2.75, 3.05) is 6.61 Å². The first-order valence-electron chi connectivity index (χ1n) is 3.57. The van der Waals surface area contributed by atoms with E-state index in [-0.39, 0.29) is 0 Å². The lowest BCUT2D eigenvalue weighted by atomic mass is 10.4. The number of carbonyl (C=O) groups excluding carboxylic acids is 1. The summed E-state index contributed by atoms with van der Waals surface area (Å²) in [5.41, 5.74) is 5.08. The van der Waals surface area contributed by atoms with Crippen molar-refractivity contribution in [2.24, 2.45) is 5.73 Å². The van der Waals surface area contributed by atoms with Crippen LogP contribution in [0.5, 0.6) is 0 Å². The number of hydrogen-bond donors (Lipinski definition) is 1. The number of nitrogens with two attached hydrogens (primary N) is 1. The summed E-state index contributed by atoms with van der Waals surface area (Å²) in [5, 5.41) is 0. The second kappa shape index (κ2) is 5.58. The number of hydrogen-bond acceptors (Lipinski definition) is 3. The van der Waals surface area contributed by atoms with E-state index < -0.39 is 36.9 Å². The average molecular weight is 197 g/mol. The van der Waals surface area contributed by atoms with Gasteiger partial charge in [0.2, 0.25) is 0 Å². The predicted octanol–water partition coefficient (Wildman–Crippen LogP) is 1.34. The van der Waals surface area contributed by atoms with Crippen LogP contribution < -0.4 is 5.73 Å². The van der Waals surface area contributed by atoms with Crippen LogP contribution >= 0.6 is 0 Å². The summed E-state index contributed by atoms with van der Waals surface area (Å²) < 4.78 is 39.3. The van der Waals surface area contributed by atoms with Gasteiger partial charge in [-0.1, -0.05) is 0 Å².